The van der Waals surface area contributed by atoms with Crippen LogP contribution in [0.1, 0.15) is 6.23 Å². The molecule has 0 aromatic carbocycles. The van der Waals surface area contributed by atoms with Crippen molar-refractivity contribution in [1.29, 1.82) is 0 Å². The van der Waals surface area contributed by atoms with Gasteiger partial charge in [0.25, 0.3) is 0 Å². The van der Waals surface area contributed by atoms with E-state index in [0.717, 1.165) is 4.57 Å². The lowest BCUT2D eigenvalue weighted by Crippen LogP contribution is -2.36. The Morgan fingerprint density at radius 3 is 2.72 bits per heavy atom. The molecule has 0 bridgehead atoms. The van der Waals surface area contributed by atoms with E-state index in [0.29, 0.717) is 0 Å². The van der Waals surface area contributed by atoms with Crippen LogP contribution in [0.5, 0.6) is 0 Å². The van der Waals surface area contributed by atoms with Crippen LogP contribution in [0.15, 0.2) is 17.1 Å². The van der Waals surface area contributed by atoms with Crippen LogP contribution in [-0.2, 0) is 4.74 Å². The molecular formula is C9H14N4O5. The topological polar surface area (TPSA) is 143 Å². The first kappa shape index (κ1) is 12.9. The number of aliphatic hydroxyl groups excluding tert-OH is 3. The van der Waals surface area contributed by atoms with Crippen molar-refractivity contribution in [1.82, 2.24) is 9.55 Å². The monoisotopic (exact) mass is 258 g/mol. The normalized spacial score (nSPS) is 31.6. The van der Waals surface area contributed by atoms with E-state index in [9.17, 15) is 15.0 Å². The first-order valence-electron chi connectivity index (χ1n) is 5.26. The lowest BCUT2D eigenvalue weighted by atomic mass is 10.1. The van der Waals surface area contributed by atoms with E-state index in [4.69, 9.17) is 15.7 Å². The number of hydrogen-bond acceptors (Lipinski definition) is 8. The van der Waals surface area contributed by atoms with Crippen molar-refractivity contribution in [3.63, 3.8) is 0 Å². The fraction of sp³-hybridized carbons (Fsp3) is 0.556. The van der Waals surface area contributed by atoms with Crippen LogP contribution in [0.4, 0.5) is 5.82 Å². The third kappa shape index (κ3) is 2.09. The van der Waals surface area contributed by atoms with E-state index in [-0.39, 0.29) is 5.82 Å². The minimum absolute atomic E-state index is 0.169. The van der Waals surface area contributed by atoms with Crippen LogP contribution >= 0.6 is 0 Å². The highest BCUT2D eigenvalue weighted by Crippen LogP contribution is 2.27. The number of aromatic nitrogens is 2. The van der Waals surface area contributed by atoms with E-state index < -0.39 is 36.8 Å². The van der Waals surface area contributed by atoms with Gasteiger partial charge in [0.05, 0.1) is 6.61 Å². The summed E-state index contributed by atoms with van der Waals surface area (Å²) in [5, 5.41) is 28.3. The molecule has 1 aliphatic heterocycles. The summed E-state index contributed by atoms with van der Waals surface area (Å²) in [5.41, 5.74) is 1.51. The van der Waals surface area contributed by atoms with Gasteiger partial charge in [0.1, 0.15) is 24.1 Å². The zero-order chi connectivity index (χ0) is 13.3. The van der Waals surface area contributed by atoms with Gasteiger partial charge in [-0.1, -0.05) is 0 Å². The molecule has 1 aromatic rings. The summed E-state index contributed by atoms with van der Waals surface area (Å²) in [7, 11) is 0. The number of aliphatic hydroxyl groups is 3. The predicted molar refractivity (Wildman–Crippen MR) is 59.3 cm³/mol. The lowest BCUT2D eigenvalue weighted by Gasteiger charge is -2.17. The van der Waals surface area contributed by atoms with Gasteiger partial charge in [0.15, 0.2) is 6.23 Å². The Kier molecular flexibility index (Phi) is 3.59. The fourth-order valence-corrected chi connectivity index (χ4v) is 1.80. The van der Waals surface area contributed by atoms with Crippen LogP contribution in [0.3, 0.4) is 0 Å². The van der Waals surface area contributed by atoms with E-state index in [2.05, 4.69) is 10.4 Å². The summed E-state index contributed by atoms with van der Waals surface area (Å²) < 4.78 is 6.22. The minimum atomic E-state index is -1.32. The highest BCUT2D eigenvalue weighted by atomic mass is 16.6. The highest BCUT2D eigenvalue weighted by molar-refractivity contribution is 5.29. The quantitative estimate of drug-likeness (QED) is 0.288. The van der Waals surface area contributed by atoms with Gasteiger partial charge in [-0.05, 0) is 6.07 Å². The van der Waals surface area contributed by atoms with Crippen molar-refractivity contribution in [2.24, 2.45) is 5.84 Å². The lowest BCUT2D eigenvalue weighted by molar-refractivity contribution is -0.0549. The second kappa shape index (κ2) is 5.00. The van der Waals surface area contributed by atoms with Crippen LogP contribution in [0.25, 0.3) is 0 Å². The van der Waals surface area contributed by atoms with E-state index in [1.165, 1.54) is 12.3 Å². The second-order valence-corrected chi connectivity index (χ2v) is 3.88. The van der Waals surface area contributed by atoms with Crippen molar-refractivity contribution in [3.8, 4) is 0 Å². The molecule has 6 N–H and O–H groups in total. The Morgan fingerprint density at radius 2 is 2.22 bits per heavy atom. The molecule has 0 unspecified atom stereocenters. The maximum atomic E-state index is 11.7. The third-order valence-electron chi connectivity index (χ3n) is 2.77. The molecular weight excluding hydrogens is 244 g/mol. The molecule has 1 saturated heterocycles. The summed E-state index contributed by atoms with van der Waals surface area (Å²) >= 11 is 0. The smallest absolute Gasteiger partial charge is 0.351 e. The molecule has 0 radical (unpaired) electrons. The van der Waals surface area contributed by atoms with E-state index >= 15 is 0 Å². The van der Waals surface area contributed by atoms with Crippen LogP contribution in [0, 0.1) is 0 Å². The molecule has 4 atom stereocenters. The molecule has 1 aromatic heterocycles. The van der Waals surface area contributed by atoms with Crippen molar-refractivity contribution in [3.05, 3.63) is 22.7 Å². The third-order valence-corrected chi connectivity index (χ3v) is 2.77. The van der Waals surface area contributed by atoms with Crippen molar-refractivity contribution >= 4 is 5.82 Å². The summed E-state index contributed by atoms with van der Waals surface area (Å²) in [5.74, 6) is 5.27. The summed E-state index contributed by atoms with van der Waals surface area (Å²) in [6, 6.07) is 1.41. The van der Waals surface area contributed by atoms with Gasteiger partial charge >= 0.3 is 5.69 Å². The maximum absolute atomic E-state index is 11.7. The first-order valence-corrected chi connectivity index (χ1v) is 5.26. The van der Waals surface area contributed by atoms with Gasteiger partial charge in [0.2, 0.25) is 0 Å². The number of nitrogens with one attached hydrogen (secondary N) is 1. The number of ether oxygens (including phenoxy) is 1. The molecule has 9 nitrogen and oxygen atoms in total. The fourth-order valence-electron chi connectivity index (χ4n) is 1.80. The van der Waals surface area contributed by atoms with Crippen LogP contribution < -0.4 is 17.0 Å². The van der Waals surface area contributed by atoms with Gasteiger partial charge < -0.3 is 25.5 Å². The molecule has 1 fully saturated rings. The predicted octanol–water partition coefficient (Wildman–Crippen LogP) is -2.86. The molecule has 0 spiro atoms. The summed E-state index contributed by atoms with van der Waals surface area (Å²) in [4.78, 5) is 15.2. The second-order valence-electron chi connectivity index (χ2n) is 3.88. The van der Waals surface area contributed by atoms with Gasteiger partial charge in [-0.2, -0.15) is 4.98 Å². The van der Waals surface area contributed by atoms with Gasteiger partial charge in [-0.15, -0.1) is 0 Å². The van der Waals surface area contributed by atoms with E-state index in [1.54, 1.807) is 0 Å². The summed E-state index contributed by atoms with van der Waals surface area (Å²) in [6.45, 7) is -0.459. The van der Waals surface area contributed by atoms with Crippen molar-refractivity contribution in [2.45, 2.75) is 24.5 Å². The van der Waals surface area contributed by atoms with Crippen molar-refractivity contribution in [2.75, 3.05) is 12.0 Å². The molecule has 100 valence electrons. The van der Waals surface area contributed by atoms with E-state index in [1.807, 2.05) is 0 Å². The largest absolute Gasteiger partial charge is 0.394 e. The van der Waals surface area contributed by atoms with Gasteiger partial charge in [-0.25, -0.2) is 10.6 Å². The van der Waals surface area contributed by atoms with Crippen molar-refractivity contribution < 1.29 is 20.1 Å². The molecule has 0 amide bonds. The number of hydrazine groups is 1. The Bertz CT molecular complexity index is 478. The Morgan fingerprint density at radius 1 is 1.50 bits per heavy atom. The molecule has 18 heavy (non-hydrogen) atoms. The number of nitrogen functional groups attached to an aromatic ring is 1. The Balaban J connectivity index is 2.30. The molecule has 1 aliphatic rings. The summed E-state index contributed by atoms with van der Waals surface area (Å²) in [6.07, 6.45) is -3.30. The zero-order valence-electron chi connectivity index (χ0n) is 9.30. The number of anilines is 1. The Hall–Kier alpha value is -1.52. The molecule has 2 rings (SSSR count). The molecule has 0 saturated carbocycles. The zero-order valence-corrected chi connectivity index (χ0v) is 9.30. The first-order chi connectivity index (χ1) is 8.58. The highest BCUT2D eigenvalue weighted by Gasteiger charge is 2.43. The maximum Gasteiger partial charge on any atom is 0.351 e. The number of nitrogens with zero attached hydrogens (tertiary/aromatic N) is 2. The number of hydrogen-bond donors (Lipinski definition) is 5. The molecule has 2 heterocycles. The molecule has 0 aliphatic carbocycles. The van der Waals surface area contributed by atoms with Crippen LogP contribution in [0.2, 0.25) is 0 Å². The average molecular weight is 258 g/mol. The minimum Gasteiger partial charge on any atom is -0.394 e. The SMILES string of the molecule is NNc1ccn([C@@H]2O[C@H](CO)[C@H](O)[C@@H]2O)c(=O)n1. The number of rotatable bonds is 3. The number of nitrogens with two attached hydrogens (primary N) is 1. The van der Waals surface area contributed by atoms with Crippen LogP contribution in [-0.4, -0.2) is 49.8 Å². The van der Waals surface area contributed by atoms with Gasteiger partial charge in [0, 0.05) is 6.20 Å². The van der Waals surface area contributed by atoms with Gasteiger partial charge in [-0.3, -0.25) is 4.57 Å². The average Bonchev–Trinajstić information content (AvgIpc) is 2.66. The standard InChI is InChI=1S/C9H14N4O5/c10-12-5-1-2-13(9(17)11-5)8-7(16)6(15)4(3-14)18-8/h1-2,4,6-8,14-16H,3,10H2,(H,11,12,17)/t4-,6+,7+,8-/m1/s1. The Labute approximate surface area is 101 Å². The molecule has 9 heteroatoms.